The highest BCUT2D eigenvalue weighted by Gasteiger charge is 2.13. The van der Waals surface area contributed by atoms with E-state index >= 15 is 0 Å². The van der Waals surface area contributed by atoms with E-state index in [9.17, 15) is 0 Å². The molecule has 3 rings (SSSR count). The fourth-order valence-electron chi connectivity index (χ4n) is 2.75. The van der Waals surface area contributed by atoms with Gasteiger partial charge in [0.05, 0.1) is 6.04 Å². The predicted molar refractivity (Wildman–Crippen MR) is 81.5 cm³/mol. The molecule has 1 aromatic carbocycles. The normalized spacial score (nSPS) is 12.9. The smallest absolute Gasteiger partial charge is 0.122 e. The van der Waals surface area contributed by atoms with Crippen molar-refractivity contribution in [2.75, 3.05) is 0 Å². The molecule has 4 heteroatoms. The predicted octanol–water partition coefficient (Wildman–Crippen LogP) is 3.06. The molecule has 0 saturated carbocycles. The van der Waals surface area contributed by atoms with Crippen molar-refractivity contribution < 1.29 is 0 Å². The Hall–Kier alpha value is -2.07. The molecule has 2 N–H and O–H groups in total. The van der Waals surface area contributed by atoms with Gasteiger partial charge < -0.3 is 14.9 Å². The summed E-state index contributed by atoms with van der Waals surface area (Å²) in [5.41, 5.74) is 3.96. The molecule has 0 saturated heterocycles. The number of hydrogen-bond donors (Lipinski definition) is 2. The van der Waals surface area contributed by atoms with E-state index in [-0.39, 0.29) is 6.04 Å². The molecule has 0 aliphatic rings. The molecule has 0 bridgehead atoms. The number of nitrogens with zero attached hydrogens (tertiary/aromatic N) is 2. The summed E-state index contributed by atoms with van der Waals surface area (Å²) in [5.74, 6) is 0.974. The molecule has 20 heavy (non-hydrogen) atoms. The molecule has 0 amide bonds. The van der Waals surface area contributed by atoms with Gasteiger partial charge in [-0.2, -0.15) is 0 Å². The second kappa shape index (κ2) is 5.13. The minimum absolute atomic E-state index is 0.211. The van der Waals surface area contributed by atoms with E-state index in [1.807, 2.05) is 6.20 Å². The number of para-hydroxylation sites is 1. The Labute approximate surface area is 118 Å². The maximum Gasteiger partial charge on any atom is 0.122 e. The first-order chi connectivity index (χ1) is 9.68. The second-order valence-corrected chi connectivity index (χ2v) is 5.22. The Kier molecular flexibility index (Phi) is 3.32. The minimum atomic E-state index is 0.211. The Balaban J connectivity index is 1.84. The number of aryl methyl sites for hydroxylation is 2. The van der Waals surface area contributed by atoms with Crippen molar-refractivity contribution >= 4 is 10.9 Å². The topological polar surface area (TPSA) is 45.6 Å². The monoisotopic (exact) mass is 268 g/mol. The highest BCUT2D eigenvalue weighted by molar-refractivity contribution is 5.85. The van der Waals surface area contributed by atoms with E-state index in [4.69, 9.17) is 0 Å². The van der Waals surface area contributed by atoms with Crippen LogP contribution in [0.1, 0.15) is 30.0 Å². The van der Waals surface area contributed by atoms with Gasteiger partial charge in [-0.05, 0) is 25.5 Å². The fourth-order valence-corrected chi connectivity index (χ4v) is 2.75. The number of fused-ring (bicyclic) bond motifs is 1. The molecule has 0 aliphatic carbocycles. The van der Waals surface area contributed by atoms with Crippen molar-refractivity contribution in [3.8, 4) is 0 Å². The first-order valence-corrected chi connectivity index (χ1v) is 6.94. The van der Waals surface area contributed by atoms with E-state index in [0.29, 0.717) is 0 Å². The van der Waals surface area contributed by atoms with Gasteiger partial charge in [-0.3, -0.25) is 0 Å². The first-order valence-electron chi connectivity index (χ1n) is 6.94. The summed E-state index contributed by atoms with van der Waals surface area (Å²) in [6.07, 6.45) is 3.64. The lowest BCUT2D eigenvalue weighted by Gasteiger charge is -2.13. The van der Waals surface area contributed by atoms with Gasteiger partial charge in [-0.15, -0.1) is 0 Å². The van der Waals surface area contributed by atoms with Crippen LogP contribution in [-0.4, -0.2) is 14.5 Å². The number of imidazole rings is 1. The second-order valence-electron chi connectivity index (χ2n) is 5.22. The van der Waals surface area contributed by atoms with Gasteiger partial charge in [0, 0.05) is 42.6 Å². The fraction of sp³-hybridized carbons (Fsp3) is 0.312. The average Bonchev–Trinajstić information content (AvgIpc) is 3.07. The van der Waals surface area contributed by atoms with Crippen molar-refractivity contribution in [2.24, 2.45) is 7.05 Å². The van der Waals surface area contributed by atoms with Crippen molar-refractivity contribution in [2.45, 2.75) is 26.4 Å². The van der Waals surface area contributed by atoms with Gasteiger partial charge in [-0.25, -0.2) is 4.98 Å². The van der Waals surface area contributed by atoms with E-state index in [1.54, 1.807) is 6.20 Å². The van der Waals surface area contributed by atoms with Crippen molar-refractivity contribution in [3.05, 3.63) is 53.7 Å². The lowest BCUT2D eigenvalue weighted by atomic mass is 10.1. The largest absolute Gasteiger partial charge is 0.347 e. The Morgan fingerprint density at radius 2 is 2.15 bits per heavy atom. The van der Waals surface area contributed by atoms with E-state index in [1.165, 1.54) is 22.2 Å². The van der Waals surface area contributed by atoms with E-state index in [0.717, 1.165) is 12.4 Å². The molecule has 4 nitrogen and oxygen atoms in total. The molecule has 1 atom stereocenters. The van der Waals surface area contributed by atoms with Crippen LogP contribution in [0.15, 0.2) is 36.7 Å². The van der Waals surface area contributed by atoms with Crippen molar-refractivity contribution in [3.63, 3.8) is 0 Å². The summed E-state index contributed by atoms with van der Waals surface area (Å²) in [4.78, 5) is 7.44. The molecule has 0 aliphatic heterocycles. The van der Waals surface area contributed by atoms with Crippen LogP contribution in [0.3, 0.4) is 0 Å². The van der Waals surface area contributed by atoms with Crippen molar-refractivity contribution in [1.82, 2.24) is 19.9 Å². The molecule has 3 aromatic rings. The van der Waals surface area contributed by atoms with Gasteiger partial charge >= 0.3 is 0 Å². The number of rotatable bonds is 4. The molecule has 0 radical (unpaired) electrons. The van der Waals surface area contributed by atoms with Crippen molar-refractivity contribution in [1.29, 1.82) is 0 Å². The third kappa shape index (κ3) is 2.12. The van der Waals surface area contributed by atoms with E-state index < -0.39 is 0 Å². The lowest BCUT2D eigenvalue weighted by molar-refractivity contribution is 0.537. The van der Waals surface area contributed by atoms with Crippen LogP contribution < -0.4 is 5.32 Å². The SMILES string of the molecule is Cc1c(CNC(C)c2ncc[nH]2)n(C)c2ccccc12. The Bertz CT molecular complexity index is 670. The number of nitrogens with one attached hydrogen (secondary N) is 2. The highest BCUT2D eigenvalue weighted by atomic mass is 15.0. The molecular weight excluding hydrogens is 248 g/mol. The molecule has 0 fully saturated rings. The number of aromatic nitrogens is 3. The van der Waals surface area contributed by atoms with Crippen LogP contribution in [-0.2, 0) is 13.6 Å². The quantitative estimate of drug-likeness (QED) is 0.764. The summed E-state index contributed by atoms with van der Waals surface area (Å²) in [7, 11) is 2.13. The van der Waals surface area contributed by atoms with Gasteiger partial charge in [0.1, 0.15) is 5.82 Å². The number of benzene rings is 1. The van der Waals surface area contributed by atoms with E-state index in [2.05, 4.69) is 65.0 Å². The molecule has 2 heterocycles. The van der Waals surface area contributed by atoms with Crippen LogP contribution >= 0.6 is 0 Å². The minimum Gasteiger partial charge on any atom is -0.347 e. The molecule has 2 aromatic heterocycles. The zero-order chi connectivity index (χ0) is 14.1. The van der Waals surface area contributed by atoms with Crippen LogP contribution in [0.25, 0.3) is 10.9 Å². The first kappa shape index (κ1) is 12.9. The highest BCUT2D eigenvalue weighted by Crippen LogP contribution is 2.24. The maximum absolute atomic E-state index is 4.29. The standard InChI is InChI=1S/C16H20N4/c1-11-13-6-4-5-7-14(13)20(3)15(11)10-19-12(2)16-17-8-9-18-16/h4-9,12,19H,10H2,1-3H3,(H,17,18). The third-order valence-electron chi connectivity index (χ3n) is 4.01. The molecule has 1 unspecified atom stereocenters. The zero-order valence-corrected chi connectivity index (χ0v) is 12.1. The summed E-state index contributed by atoms with van der Waals surface area (Å²) < 4.78 is 2.27. The van der Waals surface area contributed by atoms with Crippen LogP contribution in [0, 0.1) is 6.92 Å². The molecule has 104 valence electrons. The summed E-state index contributed by atoms with van der Waals surface area (Å²) in [5, 5.41) is 4.86. The van der Waals surface area contributed by atoms with Crippen LogP contribution in [0.5, 0.6) is 0 Å². The third-order valence-corrected chi connectivity index (χ3v) is 4.01. The number of hydrogen-bond acceptors (Lipinski definition) is 2. The average molecular weight is 268 g/mol. The number of aromatic amines is 1. The maximum atomic E-state index is 4.29. The number of H-pyrrole nitrogens is 1. The van der Waals surface area contributed by atoms with Crippen LogP contribution in [0.2, 0.25) is 0 Å². The zero-order valence-electron chi connectivity index (χ0n) is 12.1. The Morgan fingerprint density at radius 3 is 2.85 bits per heavy atom. The van der Waals surface area contributed by atoms with Gasteiger partial charge in [0.2, 0.25) is 0 Å². The summed E-state index contributed by atoms with van der Waals surface area (Å²) >= 11 is 0. The summed E-state index contributed by atoms with van der Waals surface area (Å²) in [6, 6.07) is 8.75. The Morgan fingerprint density at radius 1 is 1.35 bits per heavy atom. The molecule has 0 spiro atoms. The summed E-state index contributed by atoms with van der Waals surface area (Å²) in [6.45, 7) is 5.15. The van der Waals surface area contributed by atoms with Gasteiger partial charge in [-0.1, -0.05) is 18.2 Å². The van der Waals surface area contributed by atoms with Crippen LogP contribution in [0.4, 0.5) is 0 Å². The lowest BCUT2D eigenvalue weighted by Crippen LogP contribution is -2.21. The van der Waals surface area contributed by atoms with Gasteiger partial charge in [0.15, 0.2) is 0 Å². The molecular formula is C16H20N4. The van der Waals surface area contributed by atoms with Gasteiger partial charge in [0.25, 0.3) is 0 Å².